The molecular weight excluding hydrogens is 371 g/mol. The molecule has 2 N–H and O–H groups in total. The molecule has 0 aliphatic carbocycles. The summed E-state index contributed by atoms with van der Waals surface area (Å²) in [5.41, 5.74) is 0. The van der Waals surface area contributed by atoms with Crippen LogP contribution in [-0.2, 0) is 14.2 Å². The number of hydrogen-bond donors (Lipinski definition) is 2. The Morgan fingerprint density at radius 2 is 1.00 bits per heavy atom. The summed E-state index contributed by atoms with van der Waals surface area (Å²) in [5, 5.41) is 18.6. The average Bonchev–Trinajstić information content (AvgIpc) is 2.57. The first kappa shape index (κ1) is 25.3. The molecule has 2 fully saturated rings. The van der Waals surface area contributed by atoms with Gasteiger partial charge in [-0.25, -0.2) is 0 Å². The molecule has 2 aliphatic rings. The van der Waals surface area contributed by atoms with E-state index in [1.807, 2.05) is 0 Å². The molecule has 0 unspecified atom stereocenters. The van der Waals surface area contributed by atoms with E-state index in [1.165, 1.54) is 0 Å². The lowest BCUT2D eigenvalue weighted by Gasteiger charge is -2.42. The van der Waals surface area contributed by atoms with Gasteiger partial charge in [0.15, 0.2) is 0 Å². The Labute approximate surface area is 163 Å². The molecule has 0 radical (unpaired) electrons. The van der Waals surface area contributed by atoms with Crippen molar-refractivity contribution in [2.24, 2.45) is 0 Å². The number of morpholine rings is 2. The Morgan fingerprint density at radius 1 is 0.640 bits per heavy atom. The fourth-order valence-electron chi connectivity index (χ4n) is 3.62. The highest BCUT2D eigenvalue weighted by Gasteiger charge is 2.31. The second-order valence-corrected chi connectivity index (χ2v) is 6.76. The van der Waals surface area contributed by atoms with Gasteiger partial charge in [0.25, 0.3) is 0 Å². The maximum atomic E-state index is 9.31. The van der Waals surface area contributed by atoms with E-state index in [2.05, 4.69) is 0 Å². The number of rotatable bonds is 10. The highest BCUT2D eigenvalue weighted by molar-refractivity contribution is 4.53. The molecule has 0 amide bonds. The number of hydrogen-bond acceptors (Lipinski definition) is 5. The van der Waals surface area contributed by atoms with Crippen molar-refractivity contribution in [3.63, 3.8) is 0 Å². The molecule has 0 bridgehead atoms. The smallest absolute Gasteiger partial charge is 0.103 e. The Morgan fingerprint density at radius 3 is 1.32 bits per heavy atom. The lowest BCUT2D eigenvalue weighted by atomic mass is 10.3. The molecule has 0 saturated carbocycles. The molecule has 2 saturated heterocycles. The number of ether oxygens (including phenoxy) is 3. The van der Waals surface area contributed by atoms with Gasteiger partial charge in [0.2, 0.25) is 0 Å². The first-order valence-electron chi connectivity index (χ1n) is 8.89. The average molecular weight is 405 g/mol. The predicted molar refractivity (Wildman–Crippen MR) is 86.1 cm³/mol. The SMILES string of the molecule is OCC[N+]1(CCOCC[N+]2(CCO)CCOCC2)CCOCC1.[Cl-].[Cl-]. The lowest BCUT2D eigenvalue weighted by Crippen LogP contribution is -3.00. The second kappa shape index (κ2) is 13.5. The first-order chi connectivity index (χ1) is 11.2. The fourth-order valence-corrected chi connectivity index (χ4v) is 3.62. The molecule has 0 atom stereocenters. The van der Waals surface area contributed by atoms with Crippen LogP contribution in [-0.4, -0.2) is 124 Å². The summed E-state index contributed by atoms with van der Waals surface area (Å²) in [6, 6.07) is 0. The van der Waals surface area contributed by atoms with Crippen LogP contribution >= 0.6 is 0 Å². The zero-order valence-corrected chi connectivity index (χ0v) is 16.6. The number of quaternary nitrogens is 2. The van der Waals surface area contributed by atoms with E-state index in [0.29, 0.717) is 0 Å². The normalized spacial score (nSPS) is 21.8. The number of halogens is 2. The molecule has 7 nitrogen and oxygen atoms in total. The Hall–Kier alpha value is 0.300. The predicted octanol–water partition coefficient (Wildman–Crippen LogP) is -7.31. The van der Waals surface area contributed by atoms with Crippen LogP contribution < -0.4 is 24.8 Å². The zero-order valence-electron chi connectivity index (χ0n) is 15.1. The third kappa shape index (κ3) is 8.24. The summed E-state index contributed by atoms with van der Waals surface area (Å²) in [4.78, 5) is 0. The van der Waals surface area contributed by atoms with Gasteiger partial charge in [0, 0.05) is 0 Å². The molecule has 0 aromatic carbocycles. The number of aliphatic hydroxyl groups excluding tert-OH is 2. The minimum Gasteiger partial charge on any atom is -1.00 e. The van der Waals surface area contributed by atoms with Gasteiger partial charge in [0.05, 0.1) is 52.9 Å². The first-order valence-corrected chi connectivity index (χ1v) is 8.89. The van der Waals surface area contributed by atoms with Gasteiger partial charge in [-0.3, -0.25) is 0 Å². The molecule has 0 aromatic heterocycles. The van der Waals surface area contributed by atoms with Crippen LogP contribution in [0.5, 0.6) is 0 Å². The second-order valence-electron chi connectivity index (χ2n) is 6.76. The van der Waals surface area contributed by atoms with Crippen LogP contribution in [0.3, 0.4) is 0 Å². The quantitative estimate of drug-likeness (QED) is 0.279. The van der Waals surface area contributed by atoms with Crippen LogP contribution in [0.1, 0.15) is 0 Å². The molecule has 152 valence electrons. The van der Waals surface area contributed by atoms with Crippen LogP contribution in [0.15, 0.2) is 0 Å². The maximum Gasteiger partial charge on any atom is 0.103 e. The van der Waals surface area contributed by atoms with Gasteiger partial charge in [-0.15, -0.1) is 0 Å². The Balaban J connectivity index is 0.00000288. The van der Waals surface area contributed by atoms with Crippen LogP contribution in [0.25, 0.3) is 0 Å². The summed E-state index contributed by atoms with van der Waals surface area (Å²) in [6.45, 7) is 12.3. The van der Waals surface area contributed by atoms with E-state index in [1.54, 1.807) is 0 Å². The van der Waals surface area contributed by atoms with E-state index >= 15 is 0 Å². The van der Waals surface area contributed by atoms with Crippen molar-refractivity contribution in [1.29, 1.82) is 0 Å². The minimum atomic E-state index is 0. The van der Waals surface area contributed by atoms with E-state index in [4.69, 9.17) is 14.2 Å². The van der Waals surface area contributed by atoms with Crippen molar-refractivity contribution in [3.8, 4) is 0 Å². The highest BCUT2D eigenvalue weighted by Crippen LogP contribution is 2.12. The third-order valence-electron chi connectivity index (χ3n) is 5.41. The van der Waals surface area contributed by atoms with Crippen molar-refractivity contribution in [3.05, 3.63) is 0 Å². The van der Waals surface area contributed by atoms with E-state index in [9.17, 15) is 10.2 Å². The monoisotopic (exact) mass is 404 g/mol. The van der Waals surface area contributed by atoms with E-state index in [-0.39, 0.29) is 38.0 Å². The molecular formula is C16H34Cl2N2O5. The summed E-state index contributed by atoms with van der Waals surface area (Å²) in [7, 11) is 0. The summed E-state index contributed by atoms with van der Waals surface area (Å²) >= 11 is 0. The van der Waals surface area contributed by atoms with Crippen LogP contribution in [0.2, 0.25) is 0 Å². The summed E-state index contributed by atoms with van der Waals surface area (Å²) in [6.07, 6.45) is 0. The zero-order chi connectivity index (χ0) is 16.4. The molecule has 2 aliphatic heterocycles. The van der Waals surface area contributed by atoms with E-state index < -0.39 is 0 Å². The number of aliphatic hydroxyl groups is 2. The maximum absolute atomic E-state index is 9.31. The topological polar surface area (TPSA) is 68.2 Å². The lowest BCUT2D eigenvalue weighted by molar-refractivity contribution is -0.938. The van der Waals surface area contributed by atoms with Crippen molar-refractivity contribution in [1.82, 2.24) is 0 Å². The fraction of sp³-hybridized carbons (Fsp3) is 1.00. The van der Waals surface area contributed by atoms with Crippen molar-refractivity contribution in [2.45, 2.75) is 0 Å². The number of nitrogens with zero attached hydrogens (tertiary/aromatic N) is 2. The van der Waals surface area contributed by atoms with Gasteiger partial charge in [-0.1, -0.05) is 0 Å². The van der Waals surface area contributed by atoms with Crippen molar-refractivity contribution in [2.75, 3.05) is 105 Å². The summed E-state index contributed by atoms with van der Waals surface area (Å²) < 4.78 is 18.6. The third-order valence-corrected chi connectivity index (χ3v) is 5.41. The van der Waals surface area contributed by atoms with Crippen LogP contribution in [0, 0.1) is 0 Å². The largest absolute Gasteiger partial charge is 1.00 e. The minimum absolute atomic E-state index is 0. The van der Waals surface area contributed by atoms with Crippen LogP contribution in [0.4, 0.5) is 0 Å². The van der Waals surface area contributed by atoms with E-state index in [0.717, 1.165) is 101 Å². The van der Waals surface area contributed by atoms with Gasteiger partial charge in [0.1, 0.15) is 52.4 Å². The molecule has 9 heteroatoms. The van der Waals surface area contributed by atoms with Gasteiger partial charge in [-0.2, -0.15) is 0 Å². The standard InChI is InChI=1S/C16H34N2O5.2ClH/c19-9-1-17(3-11-21-12-4-17)7-15-23-16-8-18(2-10-20)5-13-22-14-6-18;;/h19-20H,1-16H2;2*1H/q+2;;/p-2. The molecule has 2 rings (SSSR count). The van der Waals surface area contributed by atoms with Gasteiger partial charge in [-0.05, 0) is 0 Å². The van der Waals surface area contributed by atoms with Crippen molar-refractivity contribution < 1.29 is 58.2 Å². The molecule has 0 spiro atoms. The summed E-state index contributed by atoms with van der Waals surface area (Å²) in [5.74, 6) is 0. The molecule has 2 heterocycles. The van der Waals surface area contributed by atoms with Crippen molar-refractivity contribution >= 4 is 0 Å². The molecule has 0 aromatic rings. The Bertz CT molecular complexity index is 287. The van der Waals surface area contributed by atoms with Gasteiger partial charge >= 0.3 is 0 Å². The highest BCUT2D eigenvalue weighted by atomic mass is 35.5. The van der Waals surface area contributed by atoms with Gasteiger partial charge < -0.3 is 58.2 Å². The Kier molecular flexibility index (Phi) is 13.6. The molecule has 25 heavy (non-hydrogen) atoms.